The molecule has 2 aromatic heterocycles. The summed E-state index contributed by atoms with van der Waals surface area (Å²) in [6, 6.07) is 4.02. The molecule has 3 heterocycles. The van der Waals surface area contributed by atoms with E-state index in [4.69, 9.17) is 9.15 Å². The van der Waals surface area contributed by atoms with Crippen molar-refractivity contribution in [2.24, 2.45) is 0 Å². The number of nitrogens with zero attached hydrogens (tertiary/aromatic N) is 4. The average molecular weight is 316 g/mol. The highest BCUT2D eigenvalue weighted by Crippen LogP contribution is 2.25. The lowest BCUT2D eigenvalue weighted by molar-refractivity contribution is -0.0256. The first-order valence-electron chi connectivity index (χ1n) is 7.50. The quantitative estimate of drug-likeness (QED) is 0.857. The van der Waals surface area contributed by atoms with Gasteiger partial charge in [0.05, 0.1) is 25.0 Å². The maximum Gasteiger partial charge on any atom is 0.291 e. The molecule has 0 saturated carbocycles. The molecule has 1 atom stereocenters. The Morgan fingerprint density at radius 3 is 2.91 bits per heavy atom. The van der Waals surface area contributed by atoms with Crippen molar-refractivity contribution in [3.63, 3.8) is 0 Å². The highest BCUT2D eigenvalue weighted by atomic mass is 16.5. The Morgan fingerprint density at radius 2 is 2.22 bits per heavy atom. The zero-order valence-electron chi connectivity index (χ0n) is 13.5. The number of carbonyl (C=O) groups is 1. The number of oxazole rings is 1. The van der Waals surface area contributed by atoms with Crippen LogP contribution in [-0.4, -0.2) is 54.6 Å². The third-order valence-corrected chi connectivity index (χ3v) is 3.80. The molecule has 1 saturated heterocycles. The second kappa shape index (κ2) is 6.37. The lowest BCUT2D eigenvalue weighted by Gasteiger charge is -2.32. The number of hydrogen-bond donors (Lipinski definition) is 0. The van der Waals surface area contributed by atoms with Gasteiger partial charge in [-0.1, -0.05) is 0 Å². The van der Waals surface area contributed by atoms with Gasteiger partial charge < -0.3 is 19.0 Å². The summed E-state index contributed by atoms with van der Waals surface area (Å²) >= 11 is 0. The predicted molar refractivity (Wildman–Crippen MR) is 84.4 cm³/mol. The van der Waals surface area contributed by atoms with E-state index in [2.05, 4.69) is 9.97 Å². The zero-order valence-corrected chi connectivity index (χ0v) is 13.5. The lowest BCUT2D eigenvalue weighted by Crippen LogP contribution is -2.42. The monoisotopic (exact) mass is 316 g/mol. The van der Waals surface area contributed by atoms with E-state index in [0.29, 0.717) is 19.7 Å². The Balaban J connectivity index is 1.80. The maximum atomic E-state index is 12.4. The fourth-order valence-corrected chi connectivity index (χ4v) is 2.59. The molecule has 1 amide bonds. The molecule has 1 aliphatic rings. The normalized spacial score (nSPS) is 18.0. The fourth-order valence-electron chi connectivity index (χ4n) is 2.59. The van der Waals surface area contributed by atoms with Crippen LogP contribution in [0.15, 0.2) is 29.1 Å². The van der Waals surface area contributed by atoms with Gasteiger partial charge in [-0.2, -0.15) is 0 Å². The number of carbonyl (C=O) groups excluding carboxylic acids is 1. The van der Waals surface area contributed by atoms with Crippen molar-refractivity contribution in [2.75, 3.05) is 38.7 Å². The average Bonchev–Trinajstić information content (AvgIpc) is 3.08. The van der Waals surface area contributed by atoms with E-state index in [1.165, 1.54) is 12.6 Å². The summed E-state index contributed by atoms with van der Waals surface area (Å²) in [7, 11) is 3.97. The van der Waals surface area contributed by atoms with Crippen LogP contribution in [0.2, 0.25) is 0 Å². The van der Waals surface area contributed by atoms with Gasteiger partial charge in [-0.05, 0) is 19.1 Å². The topological polar surface area (TPSA) is 71.7 Å². The van der Waals surface area contributed by atoms with Crippen molar-refractivity contribution in [3.8, 4) is 0 Å². The standard InChI is InChI=1S/C16H20N4O3/c1-11-6-12(19(2)3)7-13(18-11)15-9-20(4-5-22-15)16(21)14-8-17-10-23-14/h6-8,10,15H,4-5,9H2,1-3H3/t15-/m0/s1. The van der Waals surface area contributed by atoms with E-state index in [1.54, 1.807) is 4.90 Å². The van der Waals surface area contributed by atoms with Crippen LogP contribution in [0.1, 0.15) is 28.0 Å². The summed E-state index contributed by atoms with van der Waals surface area (Å²) < 4.78 is 10.9. The lowest BCUT2D eigenvalue weighted by atomic mass is 10.1. The zero-order chi connectivity index (χ0) is 16.4. The second-order valence-corrected chi connectivity index (χ2v) is 5.76. The van der Waals surface area contributed by atoms with E-state index < -0.39 is 0 Å². The summed E-state index contributed by atoms with van der Waals surface area (Å²) in [5.74, 6) is 0.0770. The summed E-state index contributed by atoms with van der Waals surface area (Å²) in [4.78, 5) is 24.5. The summed E-state index contributed by atoms with van der Waals surface area (Å²) in [6.45, 7) is 3.40. The number of rotatable bonds is 3. The van der Waals surface area contributed by atoms with Crippen LogP contribution in [-0.2, 0) is 4.74 Å². The Hall–Kier alpha value is -2.41. The minimum Gasteiger partial charge on any atom is -0.438 e. The third-order valence-electron chi connectivity index (χ3n) is 3.80. The molecule has 0 N–H and O–H groups in total. The Bertz CT molecular complexity index is 685. The van der Waals surface area contributed by atoms with Crippen LogP contribution >= 0.6 is 0 Å². The number of ether oxygens (including phenoxy) is 1. The number of morpholine rings is 1. The Labute approximate surface area is 134 Å². The summed E-state index contributed by atoms with van der Waals surface area (Å²) in [6.07, 6.45) is 2.45. The van der Waals surface area contributed by atoms with Crippen LogP contribution in [0.25, 0.3) is 0 Å². The van der Waals surface area contributed by atoms with Crippen LogP contribution in [0.4, 0.5) is 5.69 Å². The second-order valence-electron chi connectivity index (χ2n) is 5.76. The van der Waals surface area contributed by atoms with Gasteiger partial charge in [-0.3, -0.25) is 9.78 Å². The van der Waals surface area contributed by atoms with Gasteiger partial charge in [-0.25, -0.2) is 4.98 Å². The van der Waals surface area contributed by atoms with Crippen LogP contribution in [0.5, 0.6) is 0 Å². The molecule has 2 aromatic rings. The van der Waals surface area contributed by atoms with Crippen molar-refractivity contribution < 1.29 is 13.9 Å². The number of aryl methyl sites for hydroxylation is 1. The van der Waals surface area contributed by atoms with Crippen molar-refractivity contribution in [1.29, 1.82) is 0 Å². The van der Waals surface area contributed by atoms with E-state index in [1.807, 2.05) is 38.1 Å². The molecule has 3 rings (SSSR count). The number of pyridine rings is 1. The van der Waals surface area contributed by atoms with E-state index in [0.717, 1.165) is 17.1 Å². The molecular formula is C16H20N4O3. The molecule has 7 nitrogen and oxygen atoms in total. The van der Waals surface area contributed by atoms with Gasteiger partial charge in [0.1, 0.15) is 6.10 Å². The molecule has 0 aliphatic carbocycles. The molecule has 0 bridgehead atoms. The number of hydrogen-bond acceptors (Lipinski definition) is 6. The molecule has 0 radical (unpaired) electrons. The fraction of sp³-hybridized carbons (Fsp3) is 0.438. The molecule has 0 aromatic carbocycles. The number of aromatic nitrogens is 2. The van der Waals surface area contributed by atoms with E-state index in [9.17, 15) is 4.79 Å². The van der Waals surface area contributed by atoms with Crippen molar-refractivity contribution in [1.82, 2.24) is 14.9 Å². The summed E-state index contributed by atoms with van der Waals surface area (Å²) in [5.41, 5.74) is 2.83. The first kappa shape index (κ1) is 15.5. The maximum absolute atomic E-state index is 12.4. The molecule has 1 fully saturated rings. The largest absolute Gasteiger partial charge is 0.438 e. The van der Waals surface area contributed by atoms with Crippen LogP contribution < -0.4 is 4.90 Å². The molecule has 7 heteroatoms. The molecule has 122 valence electrons. The van der Waals surface area contributed by atoms with Crippen molar-refractivity contribution in [3.05, 3.63) is 41.9 Å². The smallest absolute Gasteiger partial charge is 0.291 e. The van der Waals surface area contributed by atoms with Gasteiger partial charge in [0.25, 0.3) is 5.91 Å². The van der Waals surface area contributed by atoms with E-state index >= 15 is 0 Å². The molecule has 1 aliphatic heterocycles. The first-order chi connectivity index (χ1) is 11.0. The van der Waals surface area contributed by atoms with Gasteiger partial charge in [0, 0.05) is 32.0 Å². The number of amides is 1. The minimum atomic E-state index is -0.241. The highest BCUT2D eigenvalue weighted by molar-refractivity contribution is 5.91. The van der Waals surface area contributed by atoms with Crippen LogP contribution in [0.3, 0.4) is 0 Å². The van der Waals surface area contributed by atoms with Crippen LogP contribution in [0, 0.1) is 6.92 Å². The predicted octanol–water partition coefficient (Wildman–Crippen LogP) is 1.66. The van der Waals surface area contributed by atoms with Gasteiger partial charge in [0.15, 0.2) is 6.39 Å². The summed E-state index contributed by atoms with van der Waals surface area (Å²) in [5, 5.41) is 0. The minimum absolute atomic E-state index is 0.170. The highest BCUT2D eigenvalue weighted by Gasteiger charge is 2.28. The third kappa shape index (κ3) is 3.34. The van der Waals surface area contributed by atoms with Gasteiger partial charge in [0.2, 0.25) is 5.76 Å². The van der Waals surface area contributed by atoms with Gasteiger partial charge in [-0.15, -0.1) is 0 Å². The Morgan fingerprint density at radius 1 is 1.39 bits per heavy atom. The number of anilines is 1. The molecular weight excluding hydrogens is 296 g/mol. The van der Waals surface area contributed by atoms with Crippen molar-refractivity contribution in [2.45, 2.75) is 13.0 Å². The Kier molecular flexibility index (Phi) is 4.29. The molecule has 0 spiro atoms. The molecule has 23 heavy (non-hydrogen) atoms. The SMILES string of the molecule is Cc1cc(N(C)C)cc([C@@H]2CN(C(=O)c3cnco3)CCO2)n1. The van der Waals surface area contributed by atoms with E-state index in [-0.39, 0.29) is 17.8 Å². The first-order valence-corrected chi connectivity index (χ1v) is 7.50. The van der Waals surface area contributed by atoms with Gasteiger partial charge >= 0.3 is 0 Å². The van der Waals surface area contributed by atoms with Crippen molar-refractivity contribution >= 4 is 11.6 Å². The molecule has 0 unspecified atom stereocenters.